The smallest absolute Gasteiger partial charge is 0.325 e. The molecule has 2 N–H and O–H groups in total. The van der Waals surface area contributed by atoms with E-state index in [0.29, 0.717) is 5.69 Å². The van der Waals surface area contributed by atoms with Crippen LogP contribution in [0.15, 0.2) is 71.6 Å². The Kier molecular flexibility index (Phi) is 6.73. The lowest BCUT2D eigenvalue weighted by atomic mass is 10.1. The first-order valence-corrected chi connectivity index (χ1v) is 12.8. The lowest BCUT2D eigenvalue weighted by molar-refractivity contribution is -0.154. The summed E-state index contributed by atoms with van der Waals surface area (Å²) in [6.07, 6.45) is -0.490. The number of benzene rings is 3. The molecule has 3 aromatic carbocycles. The highest BCUT2D eigenvalue weighted by Gasteiger charge is 2.42. The standard InChI is InChI=1S/C26H27N3O6S/c1-26(2,3)35-24(31)16-27-23(30)15-22-25(32)28-20-10-6-7-11-21(20)29(22)36(33,34)19-13-12-17-8-4-5-9-18(17)14-19/h4-14,22H,15-16H2,1-3H3,(H,27,30)(H,28,32)/t22-/m1/s1. The molecule has 2 amide bonds. The van der Waals surface area contributed by atoms with Crippen molar-refractivity contribution in [3.8, 4) is 0 Å². The van der Waals surface area contributed by atoms with E-state index in [1.807, 2.05) is 12.1 Å². The predicted octanol–water partition coefficient (Wildman–Crippen LogP) is 3.20. The van der Waals surface area contributed by atoms with Gasteiger partial charge < -0.3 is 15.4 Å². The molecule has 1 atom stereocenters. The summed E-state index contributed by atoms with van der Waals surface area (Å²) < 4.78 is 33.9. The summed E-state index contributed by atoms with van der Waals surface area (Å²) in [5.41, 5.74) is -0.160. The molecular formula is C26H27N3O6S. The highest BCUT2D eigenvalue weighted by atomic mass is 32.2. The molecule has 188 valence electrons. The number of carbonyl (C=O) groups is 3. The number of ether oxygens (including phenoxy) is 1. The quantitative estimate of drug-likeness (QED) is 0.492. The maximum absolute atomic E-state index is 13.9. The van der Waals surface area contributed by atoms with Crippen molar-refractivity contribution in [3.05, 3.63) is 66.7 Å². The van der Waals surface area contributed by atoms with Crippen LogP contribution in [0.3, 0.4) is 0 Å². The molecule has 9 nitrogen and oxygen atoms in total. The second-order valence-electron chi connectivity index (χ2n) is 9.40. The van der Waals surface area contributed by atoms with Crippen LogP contribution in [0.5, 0.6) is 0 Å². The molecule has 0 radical (unpaired) electrons. The van der Waals surface area contributed by atoms with E-state index in [2.05, 4.69) is 10.6 Å². The van der Waals surface area contributed by atoms with Crippen LogP contribution in [0, 0.1) is 0 Å². The fourth-order valence-corrected chi connectivity index (χ4v) is 5.64. The van der Waals surface area contributed by atoms with Crippen molar-refractivity contribution in [1.82, 2.24) is 5.32 Å². The summed E-state index contributed by atoms with van der Waals surface area (Å²) in [5.74, 6) is -1.96. The van der Waals surface area contributed by atoms with Gasteiger partial charge in [0.25, 0.3) is 10.0 Å². The fraction of sp³-hybridized carbons (Fsp3) is 0.269. The Morgan fingerprint density at radius 3 is 2.39 bits per heavy atom. The number of hydrogen-bond acceptors (Lipinski definition) is 6. The number of esters is 1. The summed E-state index contributed by atoms with van der Waals surface area (Å²) in [7, 11) is -4.25. The van der Waals surface area contributed by atoms with E-state index in [1.54, 1.807) is 69.3 Å². The Morgan fingerprint density at radius 2 is 1.67 bits per heavy atom. The Hall–Kier alpha value is -3.92. The zero-order valence-electron chi connectivity index (χ0n) is 20.1. The molecule has 1 aliphatic rings. The van der Waals surface area contributed by atoms with Gasteiger partial charge in [0.15, 0.2) is 0 Å². The van der Waals surface area contributed by atoms with Crippen LogP contribution in [0.1, 0.15) is 27.2 Å². The third kappa shape index (κ3) is 5.33. The van der Waals surface area contributed by atoms with Gasteiger partial charge in [0.05, 0.1) is 22.7 Å². The van der Waals surface area contributed by atoms with Gasteiger partial charge in [0.1, 0.15) is 18.2 Å². The van der Waals surface area contributed by atoms with Crippen molar-refractivity contribution < 1.29 is 27.5 Å². The third-order valence-corrected chi connectivity index (χ3v) is 7.31. The van der Waals surface area contributed by atoms with Crippen LogP contribution in [0.25, 0.3) is 10.8 Å². The fourth-order valence-electron chi connectivity index (χ4n) is 3.97. The van der Waals surface area contributed by atoms with Gasteiger partial charge in [-0.3, -0.25) is 18.7 Å². The van der Waals surface area contributed by atoms with E-state index in [-0.39, 0.29) is 10.6 Å². The number of nitrogens with zero attached hydrogens (tertiary/aromatic N) is 1. The molecule has 0 spiro atoms. The topological polar surface area (TPSA) is 122 Å². The number of anilines is 2. The monoisotopic (exact) mass is 509 g/mol. The third-order valence-electron chi connectivity index (χ3n) is 5.49. The largest absolute Gasteiger partial charge is 0.459 e. The molecule has 0 fully saturated rings. The second-order valence-corrected chi connectivity index (χ2v) is 11.2. The second kappa shape index (κ2) is 9.62. The number of sulfonamides is 1. The lowest BCUT2D eigenvalue weighted by Crippen LogP contribution is -2.53. The minimum absolute atomic E-state index is 0.00938. The van der Waals surface area contributed by atoms with Gasteiger partial charge in [-0.05, 0) is 55.8 Å². The van der Waals surface area contributed by atoms with E-state index >= 15 is 0 Å². The number of para-hydroxylation sites is 2. The van der Waals surface area contributed by atoms with Crippen molar-refractivity contribution in [2.45, 2.75) is 43.7 Å². The van der Waals surface area contributed by atoms with Gasteiger partial charge in [0.2, 0.25) is 11.8 Å². The van der Waals surface area contributed by atoms with Gasteiger partial charge in [-0.2, -0.15) is 0 Å². The van der Waals surface area contributed by atoms with E-state index < -0.39 is 52.4 Å². The molecule has 10 heteroatoms. The minimum Gasteiger partial charge on any atom is -0.459 e. The molecule has 0 bridgehead atoms. The van der Waals surface area contributed by atoms with Gasteiger partial charge in [0, 0.05) is 0 Å². The number of nitrogens with one attached hydrogen (secondary N) is 2. The normalized spacial score (nSPS) is 15.7. The summed E-state index contributed by atoms with van der Waals surface area (Å²) >= 11 is 0. The number of rotatable bonds is 6. The number of amides is 2. The minimum atomic E-state index is -4.25. The predicted molar refractivity (Wildman–Crippen MR) is 136 cm³/mol. The lowest BCUT2D eigenvalue weighted by Gasteiger charge is -2.36. The molecule has 0 aromatic heterocycles. The van der Waals surface area contributed by atoms with Crippen LogP contribution in [-0.4, -0.2) is 44.4 Å². The Bertz CT molecular complexity index is 1450. The highest BCUT2D eigenvalue weighted by Crippen LogP contribution is 2.37. The number of fused-ring (bicyclic) bond motifs is 2. The molecule has 0 unspecified atom stereocenters. The zero-order valence-corrected chi connectivity index (χ0v) is 21.0. The molecular weight excluding hydrogens is 482 g/mol. The van der Waals surface area contributed by atoms with Crippen molar-refractivity contribution in [2.24, 2.45) is 0 Å². The van der Waals surface area contributed by atoms with Gasteiger partial charge in [-0.15, -0.1) is 0 Å². The van der Waals surface area contributed by atoms with Crippen molar-refractivity contribution in [2.75, 3.05) is 16.2 Å². The Labute approximate surface area is 209 Å². The van der Waals surface area contributed by atoms with Crippen LogP contribution < -0.4 is 14.9 Å². The molecule has 0 saturated carbocycles. The SMILES string of the molecule is CC(C)(C)OC(=O)CNC(=O)C[C@@H]1C(=O)Nc2ccccc2N1S(=O)(=O)c1ccc2ccccc2c1. The Balaban J connectivity index is 1.66. The van der Waals surface area contributed by atoms with Crippen LogP contribution >= 0.6 is 0 Å². The Morgan fingerprint density at radius 1 is 1.00 bits per heavy atom. The van der Waals surface area contributed by atoms with Crippen molar-refractivity contribution in [1.29, 1.82) is 0 Å². The summed E-state index contributed by atoms with van der Waals surface area (Å²) in [6.45, 7) is 4.70. The van der Waals surface area contributed by atoms with Crippen molar-refractivity contribution in [3.63, 3.8) is 0 Å². The maximum Gasteiger partial charge on any atom is 0.325 e. The highest BCUT2D eigenvalue weighted by molar-refractivity contribution is 7.93. The molecule has 0 aliphatic carbocycles. The first-order valence-electron chi connectivity index (χ1n) is 11.4. The van der Waals surface area contributed by atoms with Crippen molar-refractivity contribution >= 4 is 50.0 Å². The van der Waals surface area contributed by atoms with E-state index in [9.17, 15) is 22.8 Å². The molecule has 1 aliphatic heterocycles. The molecule has 36 heavy (non-hydrogen) atoms. The van der Waals surface area contributed by atoms with Gasteiger partial charge >= 0.3 is 5.97 Å². The number of hydrogen-bond donors (Lipinski definition) is 2. The molecule has 4 rings (SSSR count). The van der Waals surface area contributed by atoms with Crippen LogP contribution in [0.2, 0.25) is 0 Å². The van der Waals surface area contributed by atoms with Crippen LogP contribution in [0.4, 0.5) is 11.4 Å². The average molecular weight is 510 g/mol. The average Bonchev–Trinajstić information content (AvgIpc) is 2.81. The van der Waals surface area contributed by atoms with Gasteiger partial charge in [-0.1, -0.05) is 42.5 Å². The van der Waals surface area contributed by atoms with Gasteiger partial charge in [-0.25, -0.2) is 8.42 Å². The van der Waals surface area contributed by atoms with Crippen LogP contribution in [-0.2, 0) is 29.1 Å². The summed E-state index contributed by atoms with van der Waals surface area (Å²) in [6, 6.07) is 17.2. The molecule has 3 aromatic rings. The number of carbonyl (C=O) groups excluding carboxylic acids is 3. The first kappa shape index (κ1) is 25.2. The van der Waals surface area contributed by atoms with E-state index in [4.69, 9.17) is 4.74 Å². The molecule has 1 heterocycles. The zero-order chi connectivity index (χ0) is 26.1. The first-order chi connectivity index (χ1) is 17.0. The summed E-state index contributed by atoms with van der Waals surface area (Å²) in [4.78, 5) is 37.7. The maximum atomic E-state index is 13.9. The summed E-state index contributed by atoms with van der Waals surface area (Å²) in [5, 5.41) is 6.68. The molecule has 0 saturated heterocycles. The van der Waals surface area contributed by atoms with E-state index in [0.717, 1.165) is 15.1 Å². The van der Waals surface area contributed by atoms with E-state index in [1.165, 1.54) is 6.07 Å².